The number of ether oxygens (including phenoxy) is 1. The van der Waals surface area contributed by atoms with E-state index in [1.54, 1.807) is 30.2 Å². The summed E-state index contributed by atoms with van der Waals surface area (Å²) in [6, 6.07) is 15.3. The average Bonchev–Trinajstić information content (AvgIpc) is 3.13. The van der Waals surface area contributed by atoms with E-state index in [1.165, 1.54) is 11.3 Å². The predicted octanol–water partition coefficient (Wildman–Crippen LogP) is 3.59. The van der Waals surface area contributed by atoms with Crippen LogP contribution in [0.4, 0.5) is 5.69 Å². The van der Waals surface area contributed by atoms with Gasteiger partial charge in [0.25, 0.3) is 5.56 Å². The van der Waals surface area contributed by atoms with E-state index in [9.17, 15) is 9.59 Å². The van der Waals surface area contributed by atoms with Crippen LogP contribution in [0.2, 0.25) is 0 Å². The molecule has 176 valence electrons. The Labute approximate surface area is 206 Å². The van der Waals surface area contributed by atoms with Crippen LogP contribution in [0, 0.1) is 0 Å². The quantitative estimate of drug-likeness (QED) is 0.388. The number of carbonyl (C=O) groups excluding carboxylic acids is 1. The summed E-state index contributed by atoms with van der Waals surface area (Å²) in [5.41, 5.74) is 3.65. The number of thiazole rings is 1. The summed E-state index contributed by atoms with van der Waals surface area (Å²) in [5.74, 6) is -0.448. The molecule has 2 aromatic carbocycles. The molecule has 1 aromatic heterocycles. The van der Waals surface area contributed by atoms with Crippen LogP contribution in [0.25, 0.3) is 6.08 Å². The van der Waals surface area contributed by atoms with Gasteiger partial charge in [-0.25, -0.2) is 9.79 Å². The lowest BCUT2D eigenvalue weighted by atomic mass is 9.96. The van der Waals surface area contributed by atoms with E-state index in [4.69, 9.17) is 4.74 Å². The maximum Gasteiger partial charge on any atom is 0.338 e. The Hall–Kier alpha value is -3.10. The molecule has 3 aromatic rings. The highest BCUT2D eigenvalue weighted by Gasteiger charge is 2.33. The van der Waals surface area contributed by atoms with Crippen molar-refractivity contribution in [2.24, 2.45) is 4.99 Å². The Morgan fingerprint density at radius 1 is 1.18 bits per heavy atom. The number of aromatic nitrogens is 1. The minimum atomic E-state index is -0.593. The molecule has 0 N–H and O–H groups in total. The van der Waals surface area contributed by atoms with E-state index in [2.05, 4.69) is 4.99 Å². The van der Waals surface area contributed by atoms with Crippen molar-refractivity contribution in [1.82, 2.24) is 4.57 Å². The summed E-state index contributed by atoms with van der Waals surface area (Å²) in [7, 11) is 3.98. The monoisotopic (exact) mass is 493 g/mol. The van der Waals surface area contributed by atoms with E-state index in [0.29, 0.717) is 20.6 Å². The fourth-order valence-electron chi connectivity index (χ4n) is 3.91. The normalized spacial score (nSPS) is 15.7. The first kappa shape index (κ1) is 24.0. The van der Waals surface area contributed by atoms with Crippen molar-refractivity contribution in [1.29, 1.82) is 0 Å². The molecule has 6 nitrogen and oxygen atoms in total. The third kappa shape index (κ3) is 4.60. The molecule has 2 heterocycles. The molecule has 0 bridgehead atoms. The molecular weight excluding hydrogens is 466 g/mol. The number of rotatable bonds is 6. The van der Waals surface area contributed by atoms with Crippen molar-refractivity contribution in [3.63, 3.8) is 0 Å². The van der Waals surface area contributed by atoms with Gasteiger partial charge in [0, 0.05) is 24.7 Å². The van der Waals surface area contributed by atoms with Crippen molar-refractivity contribution in [3.8, 4) is 0 Å². The summed E-state index contributed by atoms with van der Waals surface area (Å²) in [6.07, 6.45) is 3.89. The van der Waals surface area contributed by atoms with Crippen LogP contribution in [0.1, 0.15) is 31.0 Å². The molecule has 0 spiro atoms. The molecule has 0 aliphatic carbocycles. The molecule has 8 heteroatoms. The summed E-state index contributed by atoms with van der Waals surface area (Å²) >= 11 is 2.97. The first-order valence-electron chi connectivity index (χ1n) is 10.9. The molecule has 1 aliphatic rings. The molecule has 0 amide bonds. The van der Waals surface area contributed by atoms with Crippen LogP contribution >= 0.6 is 23.1 Å². The smallest absolute Gasteiger partial charge is 0.338 e. The molecule has 0 saturated carbocycles. The van der Waals surface area contributed by atoms with Gasteiger partial charge in [0.1, 0.15) is 0 Å². The first-order valence-corrected chi connectivity index (χ1v) is 13.0. The van der Waals surface area contributed by atoms with Crippen molar-refractivity contribution in [3.05, 3.63) is 90.6 Å². The highest BCUT2D eigenvalue weighted by atomic mass is 32.2. The van der Waals surface area contributed by atoms with Gasteiger partial charge in [0.2, 0.25) is 0 Å². The van der Waals surface area contributed by atoms with E-state index in [0.717, 1.165) is 21.7 Å². The van der Waals surface area contributed by atoms with Gasteiger partial charge in [-0.2, -0.15) is 0 Å². The minimum absolute atomic E-state index is 0.173. The second-order valence-electron chi connectivity index (χ2n) is 8.06. The highest BCUT2D eigenvalue weighted by Crippen LogP contribution is 2.31. The van der Waals surface area contributed by atoms with E-state index in [-0.39, 0.29) is 12.2 Å². The number of anilines is 1. The number of nitrogens with zero attached hydrogens (tertiary/aromatic N) is 3. The molecular formula is C26H27N3O3S2. The van der Waals surface area contributed by atoms with Crippen LogP contribution in [0.3, 0.4) is 0 Å². The van der Waals surface area contributed by atoms with Gasteiger partial charge in [0.15, 0.2) is 4.80 Å². The average molecular weight is 494 g/mol. The maximum atomic E-state index is 13.6. The SMILES string of the molecule is CCOC(=O)C1=C(C)N=c2sc(=Cc3ccc(N(C)C)cc3)c(=O)n2[C@H]1c1ccc(SC)cc1. The molecule has 0 radical (unpaired) electrons. The molecule has 0 saturated heterocycles. The Morgan fingerprint density at radius 2 is 1.85 bits per heavy atom. The lowest BCUT2D eigenvalue weighted by Gasteiger charge is -2.24. The Kier molecular flexibility index (Phi) is 7.09. The third-order valence-electron chi connectivity index (χ3n) is 5.66. The second-order valence-corrected chi connectivity index (χ2v) is 9.95. The number of carbonyl (C=O) groups is 1. The summed E-state index contributed by atoms with van der Waals surface area (Å²) in [6.45, 7) is 3.82. The van der Waals surface area contributed by atoms with Crippen LogP contribution in [0.15, 0.2) is 74.5 Å². The van der Waals surface area contributed by atoms with E-state index >= 15 is 0 Å². The largest absolute Gasteiger partial charge is 0.463 e. The topological polar surface area (TPSA) is 63.9 Å². The van der Waals surface area contributed by atoms with Crippen LogP contribution < -0.4 is 19.8 Å². The number of fused-ring (bicyclic) bond motifs is 1. The third-order valence-corrected chi connectivity index (χ3v) is 7.38. The van der Waals surface area contributed by atoms with Crippen LogP contribution in [0.5, 0.6) is 0 Å². The zero-order valence-corrected chi connectivity index (χ0v) is 21.5. The number of hydrogen-bond donors (Lipinski definition) is 0. The van der Waals surface area contributed by atoms with Crippen molar-refractivity contribution in [2.45, 2.75) is 24.8 Å². The van der Waals surface area contributed by atoms with E-state index in [1.807, 2.05) is 79.9 Å². The van der Waals surface area contributed by atoms with Gasteiger partial charge in [-0.15, -0.1) is 11.8 Å². The number of allylic oxidation sites excluding steroid dienone is 1. The highest BCUT2D eigenvalue weighted by molar-refractivity contribution is 7.98. The van der Waals surface area contributed by atoms with E-state index < -0.39 is 12.0 Å². The summed E-state index contributed by atoms with van der Waals surface area (Å²) < 4.78 is 7.54. The minimum Gasteiger partial charge on any atom is -0.463 e. The fraction of sp³-hybridized carbons (Fsp3) is 0.269. The lowest BCUT2D eigenvalue weighted by Crippen LogP contribution is -2.39. The van der Waals surface area contributed by atoms with Crippen LogP contribution in [-0.4, -0.2) is 37.5 Å². The number of benzene rings is 2. The Morgan fingerprint density at radius 3 is 2.44 bits per heavy atom. The summed E-state index contributed by atoms with van der Waals surface area (Å²) in [5, 5.41) is 0. The zero-order valence-electron chi connectivity index (χ0n) is 19.9. The molecule has 0 unspecified atom stereocenters. The summed E-state index contributed by atoms with van der Waals surface area (Å²) in [4.78, 5) is 34.9. The maximum absolute atomic E-state index is 13.6. The van der Waals surface area contributed by atoms with Gasteiger partial charge in [-0.1, -0.05) is 35.6 Å². The molecule has 4 rings (SSSR count). The predicted molar refractivity (Wildman–Crippen MR) is 139 cm³/mol. The van der Waals surface area contributed by atoms with Crippen LogP contribution in [-0.2, 0) is 9.53 Å². The number of thioether (sulfide) groups is 1. The number of esters is 1. The lowest BCUT2D eigenvalue weighted by molar-refractivity contribution is -0.139. The van der Waals surface area contributed by atoms with Gasteiger partial charge in [0.05, 0.1) is 28.5 Å². The van der Waals surface area contributed by atoms with Gasteiger partial charge >= 0.3 is 5.97 Å². The van der Waals surface area contributed by atoms with Crippen molar-refractivity contribution in [2.75, 3.05) is 31.9 Å². The standard InChI is InChI=1S/C26H27N3O3S2/c1-6-32-25(31)22-16(2)27-26-29(23(22)18-9-13-20(33-5)14-10-18)24(30)21(34-26)15-17-7-11-19(12-8-17)28(3)4/h7-15,23H,6H2,1-5H3/t23-/m0/s1. The Bertz CT molecular complexity index is 1420. The van der Waals surface area contributed by atoms with Crippen molar-refractivity contribution < 1.29 is 9.53 Å². The van der Waals surface area contributed by atoms with Gasteiger partial charge in [-0.3, -0.25) is 9.36 Å². The molecule has 1 atom stereocenters. The van der Waals surface area contributed by atoms with Gasteiger partial charge in [-0.05, 0) is 61.6 Å². The second kappa shape index (κ2) is 10.0. The zero-order chi connectivity index (χ0) is 24.4. The molecule has 0 fully saturated rings. The molecule has 1 aliphatic heterocycles. The van der Waals surface area contributed by atoms with Gasteiger partial charge < -0.3 is 9.64 Å². The first-order chi connectivity index (χ1) is 16.3. The van der Waals surface area contributed by atoms with Crippen molar-refractivity contribution >= 4 is 40.8 Å². The fourth-order valence-corrected chi connectivity index (χ4v) is 5.37. The number of hydrogen-bond acceptors (Lipinski definition) is 7. The molecule has 34 heavy (non-hydrogen) atoms. The Balaban J connectivity index is 1.89.